The Morgan fingerprint density at radius 3 is 2.31 bits per heavy atom. The lowest BCUT2D eigenvalue weighted by Gasteiger charge is -2.31. The first-order chi connectivity index (χ1) is 25.0. The fraction of sp³-hybridized carbons (Fsp3) is 0.500. The second kappa shape index (κ2) is 13.6. The summed E-state index contributed by atoms with van der Waals surface area (Å²) in [6.45, 7) is 7.91. The molecule has 2 aromatic carbocycles. The van der Waals surface area contributed by atoms with Gasteiger partial charge in [-0.15, -0.1) is 0 Å². The SMILES string of the molecule is CC(C)(C)OC(=O)N1CCC[C@H]1C(=O)N1CCc2ccc(-c3cnc4c(c3)c(-c3ccc(S(=O)(=O)C5CC5)cc3)nn4C3CCCCO3)cc2CC1. The van der Waals surface area contributed by atoms with Crippen LogP contribution in [0.4, 0.5) is 4.79 Å². The number of aromatic nitrogens is 3. The molecule has 12 heteroatoms. The van der Waals surface area contributed by atoms with E-state index in [1.165, 1.54) is 11.1 Å². The molecule has 11 nitrogen and oxygen atoms in total. The van der Waals surface area contributed by atoms with Crippen LogP contribution in [0.5, 0.6) is 0 Å². The quantitative estimate of drug-likeness (QED) is 0.215. The Bertz CT molecular complexity index is 2110. The lowest BCUT2D eigenvalue weighted by atomic mass is 9.96. The number of carbonyl (C=O) groups excluding carboxylic acids is 2. The molecular formula is C40H47N5O6S. The number of sulfone groups is 1. The number of amides is 2. The molecule has 2 aromatic heterocycles. The number of hydrogen-bond donors (Lipinski definition) is 0. The van der Waals surface area contributed by atoms with E-state index in [1.54, 1.807) is 17.0 Å². The summed E-state index contributed by atoms with van der Waals surface area (Å²) in [6, 6.07) is 15.2. The molecule has 3 fully saturated rings. The van der Waals surface area contributed by atoms with Gasteiger partial charge in [-0.05, 0) is 113 Å². The maximum Gasteiger partial charge on any atom is 0.410 e. The normalized spacial score (nSPS) is 21.2. The minimum Gasteiger partial charge on any atom is -0.444 e. The summed E-state index contributed by atoms with van der Waals surface area (Å²) < 4.78 is 39.4. The van der Waals surface area contributed by atoms with Gasteiger partial charge in [0.15, 0.2) is 21.7 Å². The predicted octanol–water partition coefficient (Wildman–Crippen LogP) is 6.73. The Morgan fingerprint density at radius 2 is 1.60 bits per heavy atom. The van der Waals surface area contributed by atoms with Gasteiger partial charge < -0.3 is 14.4 Å². The van der Waals surface area contributed by atoms with Crippen molar-refractivity contribution < 1.29 is 27.5 Å². The number of likely N-dealkylation sites (tertiary alicyclic amines) is 1. The van der Waals surface area contributed by atoms with Crippen LogP contribution < -0.4 is 0 Å². The molecule has 52 heavy (non-hydrogen) atoms. The number of nitrogens with zero attached hydrogens (tertiary/aromatic N) is 5. The van der Waals surface area contributed by atoms with Crippen LogP contribution in [0.2, 0.25) is 0 Å². The van der Waals surface area contributed by atoms with E-state index >= 15 is 0 Å². The van der Waals surface area contributed by atoms with Gasteiger partial charge in [-0.1, -0.05) is 30.3 Å². The van der Waals surface area contributed by atoms with Crippen molar-refractivity contribution in [3.63, 3.8) is 0 Å². The van der Waals surface area contributed by atoms with Gasteiger partial charge in [-0.3, -0.25) is 9.69 Å². The van der Waals surface area contributed by atoms with Crippen LogP contribution in [0.1, 0.15) is 83.1 Å². The standard InChI is InChI=1S/C40H47N5O6S/c1-40(2,3)51-39(47)44-19-6-7-34(44)38(46)43-20-17-26-9-10-28(23-29(26)18-21-43)30-24-33-36(27-11-13-31(14-12-27)52(48,49)32-15-16-32)42-45(37(33)41-25-30)35-8-4-5-22-50-35/h9-14,23-25,32,34-35H,4-8,15-22H2,1-3H3/t34-,35?/m0/s1. The molecule has 274 valence electrons. The average Bonchev–Trinajstić information content (AvgIpc) is 3.83. The second-order valence-electron chi connectivity index (χ2n) is 15.6. The average molecular weight is 726 g/mol. The van der Waals surface area contributed by atoms with Crippen LogP contribution in [0.3, 0.4) is 0 Å². The van der Waals surface area contributed by atoms with Gasteiger partial charge in [0.05, 0.1) is 10.1 Å². The molecule has 1 aliphatic carbocycles. The predicted molar refractivity (Wildman–Crippen MR) is 197 cm³/mol. The zero-order valence-corrected chi connectivity index (χ0v) is 31.0. The third kappa shape index (κ3) is 6.82. The van der Waals surface area contributed by atoms with Gasteiger partial charge in [-0.25, -0.2) is 22.9 Å². The highest BCUT2D eigenvalue weighted by Gasteiger charge is 2.39. The number of hydrogen-bond acceptors (Lipinski definition) is 8. The van der Waals surface area contributed by atoms with Crippen LogP contribution in [-0.2, 0) is 36.9 Å². The van der Waals surface area contributed by atoms with Gasteiger partial charge in [0.1, 0.15) is 17.3 Å². The second-order valence-corrected chi connectivity index (χ2v) is 17.8. The van der Waals surface area contributed by atoms with E-state index in [0.717, 1.165) is 78.4 Å². The number of benzene rings is 2. The van der Waals surface area contributed by atoms with Crippen molar-refractivity contribution in [2.24, 2.45) is 0 Å². The molecule has 5 heterocycles. The van der Waals surface area contributed by atoms with Gasteiger partial charge in [0.2, 0.25) is 5.91 Å². The highest BCUT2D eigenvalue weighted by Crippen LogP contribution is 2.37. The zero-order chi connectivity index (χ0) is 36.2. The summed E-state index contributed by atoms with van der Waals surface area (Å²) in [4.78, 5) is 35.5. The minimum absolute atomic E-state index is 0.00398. The van der Waals surface area contributed by atoms with Crippen LogP contribution in [0.25, 0.3) is 33.4 Å². The molecule has 3 aliphatic heterocycles. The summed E-state index contributed by atoms with van der Waals surface area (Å²) >= 11 is 0. The van der Waals surface area contributed by atoms with Crippen molar-refractivity contribution >= 4 is 32.9 Å². The van der Waals surface area contributed by atoms with Crippen molar-refractivity contribution in [2.75, 3.05) is 26.2 Å². The number of fused-ring (bicyclic) bond motifs is 2. The van der Waals surface area contributed by atoms with E-state index in [4.69, 9.17) is 19.6 Å². The Balaban J connectivity index is 1.06. The van der Waals surface area contributed by atoms with E-state index < -0.39 is 27.6 Å². The summed E-state index contributed by atoms with van der Waals surface area (Å²) in [6.07, 6.45) is 8.51. The molecule has 2 atom stereocenters. The fourth-order valence-electron chi connectivity index (χ4n) is 7.78. The Labute approximate surface area is 305 Å². The third-order valence-electron chi connectivity index (χ3n) is 10.7. The summed E-state index contributed by atoms with van der Waals surface area (Å²) in [7, 11) is -3.30. The van der Waals surface area contributed by atoms with Crippen molar-refractivity contribution in [1.82, 2.24) is 24.6 Å². The van der Waals surface area contributed by atoms with Gasteiger partial charge in [-0.2, -0.15) is 5.10 Å². The molecule has 0 radical (unpaired) electrons. The van der Waals surface area contributed by atoms with Gasteiger partial charge in [0.25, 0.3) is 0 Å². The molecule has 1 saturated carbocycles. The van der Waals surface area contributed by atoms with E-state index in [1.807, 2.05) is 48.7 Å². The third-order valence-corrected chi connectivity index (χ3v) is 13.0. The molecule has 2 amide bonds. The minimum atomic E-state index is -3.30. The molecule has 0 spiro atoms. The topological polar surface area (TPSA) is 124 Å². The number of rotatable bonds is 6. The van der Waals surface area contributed by atoms with Crippen molar-refractivity contribution in [3.8, 4) is 22.4 Å². The molecular weight excluding hydrogens is 679 g/mol. The number of pyridine rings is 1. The molecule has 8 rings (SSSR count). The fourth-order valence-corrected chi connectivity index (χ4v) is 9.44. The smallest absolute Gasteiger partial charge is 0.410 e. The Morgan fingerprint density at radius 1 is 0.846 bits per heavy atom. The Kier molecular flexibility index (Phi) is 9.10. The molecule has 0 bridgehead atoms. The van der Waals surface area contributed by atoms with E-state index in [9.17, 15) is 18.0 Å². The molecule has 0 N–H and O–H groups in total. The lowest BCUT2D eigenvalue weighted by molar-refractivity contribution is -0.135. The maximum absolute atomic E-state index is 13.8. The monoisotopic (exact) mass is 725 g/mol. The molecule has 1 unspecified atom stereocenters. The summed E-state index contributed by atoms with van der Waals surface area (Å²) in [5.41, 5.74) is 6.07. The largest absolute Gasteiger partial charge is 0.444 e. The van der Waals surface area contributed by atoms with E-state index in [0.29, 0.717) is 44.0 Å². The van der Waals surface area contributed by atoms with Crippen LogP contribution in [-0.4, -0.2) is 88.1 Å². The number of carbonyl (C=O) groups is 2. The van der Waals surface area contributed by atoms with Crippen LogP contribution >= 0.6 is 0 Å². The first kappa shape index (κ1) is 34.8. The van der Waals surface area contributed by atoms with Gasteiger partial charge in [0, 0.05) is 49.0 Å². The first-order valence-corrected chi connectivity index (χ1v) is 20.3. The van der Waals surface area contributed by atoms with E-state index in [2.05, 4.69) is 24.3 Å². The highest BCUT2D eigenvalue weighted by atomic mass is 32.2. The van der Waals surface area contributed by atoms with Crippen LogP contribution in [0.15, 0.2) is 59.6 Å². The first-order valence-electron chi connectivity index (χ1n) is 18.7. The zero-order valence-electron chi connectivity index (χ0n) is 30.2. The molecule has 2 saturated heterocycles. The summed E-state index contributed by atoms with van der Waals surface area (Å²) in [5, 5.41) is 5.65. The lowest BCUT2D eigenvalue weighted by Crippen LogP contribution is -2.49. The van der Waals surface area contributed by atoms with E-state index in [-0.39, 0.29) is 17.4 Å². The Hall–Kier alpha value is -4.29. The van der Waals surface area contributed by atoms with Crippen LogP contribution in [0, 0.1) is 0 Å². The summed E-state index contributed by atoms with van der Waals surface area (Å²) in [5.74, 6) is -0.00398. The molecule has 4 aromatic rings. The highest BCUT2D eigenvalue weighted by molar-refractivity contribution is 7.92. The van der Waals surface area contributed by atoms with Gasteiger partial charge >= 0.3 is 6.09 Å². The van der Waals surface area contributed by atoms with Crippen molar-refractivity contribution in [3.05, 3.63) is 65.9 Å². The number of ether oxygens (including phenoxy) is 2. The van der Waals surface area contributed by atoms with Crippen molar-refractivity contribution in [2.45, 2.75) is 107 Å². The van der Waals surface area contributed by atoms with Crippen molar-refractivity contribution in [1.29, 1.82) is 0 Å². The molecule has 4 aliphatic rings. The maximum atomic E-state index is 13.8.